The van der Waals surface area contributed by atoms with Crippen molar-refractivity contribution >= 4 is 17.4 Å². The van der Waals surface area contributed by atoms with Crippen LogP contribution in [0.4, 0.5) is 4.39 Å². The number of halogens is 2. The Hall–Kier alpha value is -2.90. The maximum absolute atomic E-state index is 14.4. The minimum Gasteiger partial charge on any atom is -0.493 e. The van der Waals surface area contributed by atoms with Gasteiger partial charge in [0, 0.05) is 34.5 Å². The topological polar surface area (TPSA) is 87.2 Å². The first-order valence-electron chi connectivity index (χ1n) is 14.2. The number of carbonyl (C=O) groups is 1. The van der Waals surface area contributed by atoms with E-state index in [0.717, 1.165) is 41.7 Å². The molecule has 2 heterocycles. The molecule has 1 aliphatic rings. The normalized spacial score (nSPS) is 17.5. The monoisotopic (exact) mass is 573 g/mol. The fourth-order valence-electron chi connectivity index (χ4n) is 4.50. The van der Waals surface area contributed by atoms with Crippen molar-refractivity contribution in [2.75, 3.05) is 13.2 Å². The van der Waals surface area contributed by atoms with Crippen LogP contribution in [0.1, 0.15) is 78.0 Å². The van der Waals surface area contributed by atoms with E-state index in [1.165, 1.54) is 6.20 Å². The van der Waals surface area contributed by atoms with E-state index < -0.39 is 5.95 Å². The summed E-state index contributed by atoms with van der Waals surface area (Å²) in [6.07, 6.45) is 8.34. The molecule has 3 rings (SSSR count). The summed E-state index contributed by atoms with van der Waals surface area (Å²) in [5, 5.41) is 18.1. The van der Waals surface area contributed by atoms with Gasteiger partial charge in [-0.2, -0.15) is 9.49 Å². The van der Waals surface area contributed by atoms with Crippen LogP contribution in [0, 0.1) is 23.7 Å². The Morgan fingerprint density at radius 2 is 2.00 bits per heavy atom. The first-order chi connectivity index (χ1) is 19.1. The fourth-order valence-corrected chi connectivity index (χ4v) is 4.70. The minimum atomic E-state index is -0.456. The van der Waals surface area contributed by atoms with Gasteiger partial charge in [0.05, 0.1) is 24.8 Å². The van der Waals surface area contributed by atoms with Crippen LogP contribution in [0.25, 0.3) is 0 Å². The summed E-state index contributed by atoms with van der Waals surface area (Å²) in [6.45, 7) is 17.1. The van der Waals surface area contributed by atoms with Crippen molar-refractivity contribution in [3.8, 4) is 5.75 Å². The van der Waals surface area contributed by atoms with E-state index >= 15 is 0 Å². The number of carbonyl (C=O) groups excluding carboxylic acids is 1. The number of aromatic nitrogens is 2. The quantitative estimate of drug-likeness (QED) is 0.180. The highest BCUT2D eigenvalue weighted by atomic mass is 35.5. The van der Waals surface area contributed by atoms with Crippen molar-refractivity contribution in [3.63, 3.8) is 0 Å². The van der Waals surface area contributed by atoms with E-state index in [-0.39, 0.29) is 29.6 Å². The second-order valence-corrected chi connectivity index (χ2v) is 10.8. The smallest absolute Gasteiger partial charge is 0.214 e. The van der Waals surface area contributed by atoms with E-state index in [2.05, 4.69) is 49.8 Å². The standard InChI is InChI=1S/C29H37ClFN3O2.C3H8O/c1-7-17(4)19(6)24(14-32-27(18(5)8-2)25-15-33-34-29(25)31)23(9-3)28(35)21-12-20-13-22(30)10-11-26(20)36-16-21;1-2-3-4/h9-11,13-15,17-18,21,27,32H,6-8,12,16H2,1-5H3,(H,33,34);4H,2-3H2,1H3/b23-9+,24-14+;. The van der Waals surface area contributed by atoms with Crippen LogP contribution in [0.3, 0.4) is 0 Å². The van der Waals surface area contributed by atoms with E-state index in [4.69, 9.17) is 21.4 Å². The Kier molecular flexibility index (Phi) is 13.6. The molecule has 6 nitrogen and oxygen atoms in total. The zero-order chi connectivity index (χ0) is 29.8. The Bertz CT molecular complexity index is 1190. The number of H-pyrrole nitrogens is 1. The number of rotatable bonds is 12. The molecule has 220 valence electrons. The Morgan fingerprint density at radius 3 is 2.55 bits per heavy atom. The molecule has 0 saturated heterocycles. The number of ether oxygens (including phenoxy) is 1. The van der Waals surface area contributed by atoms with Crippen LogP contribution in [0.2, 0.25) is 5.02 Å². The Balaban J connectivity index is 0.00000131. The molecule has 4 unspecified atom stereocenters. The zero-order valence-electron chi connectivity index (χ0n) is 24.7. The van der Waals surface area contributed by atoms with Gasteiger partial charge in [0.1, 0.15) is 5.75 Å². The summed E-state index contributed by atoms with van der Waals surface area (Å²) < 4.78 is 20.3. The molecule has 1 aliphatic heterocycles. The third kappa shape index (κ3) is 8.55. The van der Waals surface area contributed by atoms with Crippen molar-refractivity contribution < 1.29 is 19.0 Å². The number of allylic oxidation sites excluding steroid dienone is 4. The second kappa shape index (κ2) is 16.4. The lowest BCUT2D eigenvalue weighted by Gasteiger charge is -2.28. The van der Waals surface area contributed by atoms with Crippen LogP contribution in [0.5, 0.6) is 5.75 Å². The van der Waals surface area contributed by atoms with Gasteiger partial charge >= 0.3 is 0 Å². The molecule has 0 saturated carbocycles. The predicted molar refractivity (Wildman–Crippen MR) is 161 cm³/mol. The van der Waals surface area contributed by atoms with Crippen LogP contribution in [-0.4, -0.2) is 34.3 Å². The second-order valence-electron chi connectivity index (χ2n) is 10.3. The average molecular weight is 574 g/mol. The van der Waals surface area contributed by atoms with E-state index in [1.807, 2.05) is 38.3 Å². The summed E-state index contributed by atoms with van der Waals surface area (Å²) in [5.41, 5.74) is 3.59. The maximum atomic E-state index is 14.4. The van der Waals surface area contributed by atoms with Crippen LogP contribution in [-0.2, 0) is 11.2 Å². The number of ketones is 1. The highest BCUT2D eigenvalue weighted by molar-refractivity contribution is 6.30. The van der Waals surface area contributed by atoms with Gasteiger partial charge in [-0.3, -0.25) is 9.89 Å². The summed E-state index contributed by atoms with van der Waals surface area (Å²) in [5.74, 6) is 0.259. The highest BCUT2D eigenvalue weighted by Gasteiger charge is 2.31. The largest absolute Gasteiger partial charge is 0.493 e. The zero-order valence-corrected chi connectivity index (χ0v) is 25.4. The minimum absolute atomic E-state index is 0.00443. The SMILES string of the molecule is C=C(C(=C\NC(c1cn[nH]c1F)C(C)CC)/C(=C\C)C(=O)C1COc2ccc(Cl)cc2C1)C(C)CC.CCCO. The molecule has 0 aliphatic carbocycles. The van der Waals surface area contributed by atoms with Crippen LogP contribution >= 0.6 is 11.6 Å². The lowest BCUT2D eigenvalue weighted by molar-refractivity contribution is -0.120. The molecule has 0 bridgehead atoms. The maximum Gasteiger partial charge on any atom is 0.214 e. The number of Topliss-reactive ketones (excluding diaryl/α,β-unsaturated/α-hetero) is 1. The van der Waals surface area contributed by atoms with Gasteiger partial charge in [0.2, 0.25) is 5.95 Å². The lowest BCUT2D eigenvalue weighted by Crippen LogP contribution is -2.31. The molecular formula is C32H45ClFN3O3. The average Bonchev–Trinajstić information content (AvgIpc) is 3.40. The van der Waals surface area contributed by atoms with Gasteiger partial charge in [-0.25, -0.2) is 0 Å². The fraction of sp³-hybridized carbons (Fsp3) is 0.500. The van der Waals surface area contributed by atoms with E-state index in [1.54, 1.807) is 6.07 Å². The van der Waals surface area contributed by atoms with E-state index in [0.29, 0.717) is 35.8 Å². The molecule has 1 aromatic carbocycles. The number of hydrogen-bond donors (Lipinski definition) is 3. The molecule has 0 amide bonds. The third-order valence-corrected chi connectivity index (χ3v) is 7.73. The number of hydrogen-bond acceptors (Lipinski definition) is 5. The summed E-state index contributed by atoms with van der Waals surface area (Å²) in [7, 11) is 0. The van der Waals surface area contributed by atoms with Gasteiger partial charge in [-0.1, -0.05) is 65.3 Å². The highest BCUT2D eigenvalue weighted by Crippen LogP contribution is 2.35. The molecule has 4 atom stereocenters. The van der Waals surface area contributed by atoms with Crippen molar-refractivity contribution in [1.82, 2.24) is 15.5 Å². The third-order valence-electron chi connectivity index (χ3n) is 7.50. The van der Waals surface area contributed by atoms with Crippen molar-refractivity contribution in [3.05, 3.63) is 82.1 Å². The van der Waals surface area contributed by atoms with Gasteiger partial charge < -0.3 is 15.2 Å². The number of aliphatic hydroxyl groups excluding tert-OH is 1. The number of nitrogens with zero attached hydrogens (tertiary/aromatic N) is 1. The van der Waals surface area contributed by atoms with E-state index in [9.17, 15) is 9.18 Å². The predicted octanol–water partition coefficient (Wildman–Crippen LogP) is 7.52. The molecule has 0 spiro atoms. The van der Waals surface area contributed by atoms with Crippen molar-refractivity contribution in [2.24, 2.45) is 17.8 Å². The molecule has 0 radical (unpaired) electrons. The summed E-state index contributed by atoms with van der Waals surface area (Å²) in [6, 6.07) is 5.19. The summed E-state index contributed by atoms with van der Waals surface area (Å²) >= 11 is 6.18. The number of aromatic amines is 1. The molecule has 3 N–H and O–H groups in total. The van der Waals surface area contributed by atoms with Gasteiger partial charge in [-0.15, -0.1) is 0 Å². The Morgan fingerprint density at radius 1 is 1.30 bits per heavy atom. The van der Waals surface area contributed by atoms with Crippen molar-refractivity contribution in [1.29, 1.82) is 0 Å². The lowest BCUT2D eigenvalue weighted by atomic mass is 9.82. The first kappa shape index (κ1) is 33.3. The first-order valence-corrected chi connectivity index (χ1v) is 14.6. The molecule has 2 aromatic rings. The molecule has 8 heteroatoms. The molecule has 40 heavy (non-hydrogen) atoms. The molecule has 1 aromatic heterocycles. The molecular weight excluding hydrogens is 529 g/mol. The summed E-state index contributed by atoms with van der Waals surface area (Å²) in [4.78, 5) is 13.8. The number of aliphatic hydroxyl groups is 1. The van der Waals surface area contributed by atoms with Crippen molar-refractivity contribution in [2.45, 2.75) is 73.3 Å². The van der Waals surface area contributed by atoms with Crippen LogP contribution in [0.15, 0.2) is 60.0 Å². The number of nitrogens with one attached hydrogen (secondary N) is 2. The van der Waals surface area contributed by atoms with Gasteiger partial charge in [0.15, 0.2) is 5.78 Å². The Labute approximate surface area is 243 Å². The number of benzene rings is 1. The number of fused-ring (bicyclic) bond motifs is 1. The molecule has 0 fully saturated rings. The van der Waals surface area contributed by atoms with Crippen LogP contribution < -0.4 is 10.1 Å². The van der Waals surface area contributed by atoms with Gasteiger partial charge in [-0.05, 0) is 67.4 Å². The van der Waals surface area contributed by atoms with Gasteiger partial charge in [0.25, 0.3) is 0 Å².